The highest BCUT2D eigenvalue weighted by atomic mass is 19.4. The lowest BCUT2D eigenvalue weighted by Crippen LogP contribution is -2.46. The van der Waals surface area contributed by atoms with Crippen molar-refractivity contribution >= 4 is 0 Å². The fourth-order valence-electron chi connectivity index (χ4n) is 1.94. The van der Waals surface area contributed by atoms with Crippen molar-refractivity contribution in [1.82, 2.24) is 0 Å². The van der Waals surface area contributed by atoms with Gasteiger partial charge in [0.15, 0.2) is 0 Å². The van der Waals surface area contributed by atoms with Gasteiger partial charge in [0.2, 0.25) is 0 Å². The topological polar surface area (TPSA) is 9.23 Å². The Hall–Kier alpha value is -0.880. The van der Waals surface area contributed by atoms with Crippen LogP contribution in [-0.4, -0.2) is 49.8 Å². The average molecular weight is 430 g/mol. The third-order valence-corrected chi connectivity index (χ3v) is 3.96. The number of hydrogen-bond acceptors (Lipinski definition) is 1. The quantitative estimate of drug-likeness (QED) is 0.300. The Kier molecular flexibility index (Phi) is 8.78. The molecule has 13 heteroatoms. The maximum atomic E-state index is 13.3. The summed E-state index contributed by atoms with van der Waals surface area (Å²) < 4.78 is 156. The summed E-state index contributed by atoms with van der Waals surface area (Å²) in [5, 5.41) is 0. The van der Waals surface area contributed by atoms with Gasteiger partial charge in [0.25, 0.3) is 24.2 Å². The van der Waals surface area contributed by atoms with Crippen LogP contribution in [0.4, 0.5) is 52.7 Å². The maximum Gasteiger partial charge on any atom is 0.425 e. The lowest BCUT2D eigenvalue weighted by Gasteiger charge is -2.29. The lowest BCUT2D eigenvalue weighted by molar-refractivity contribution is -0.258. The van der Waals surface area contributed by atoms with Crippen LogP contribution in [0.2, 0.25) is 0 Å². The number of rotatable bonds is 10. The second kappa shape index (κ2) is 9.08. The second-order valence-electron chi connectivity index (χ2n) is 6.15. The van der Waals surface area contributed by atoms with Crippen LogP contribution in [0.25, 0.3) is 0 Å². The van der Waals surface area contributed by atoms with Gasteiger partial charge in [-0.15, -0.1) is 0 Å². The number of halogens is 12. The van der Waals surface area contributed by atoms with E-state index in [9.17, 15) is 52.7 Å². The molecule has 1 nitrogen and oxygen atoms in total. The van der Waals surface area contributed by atoms with Crippen LogP contribution in [0.1, 0.15) is 26.7 Å². The van der Waals surface area contributed by atoms with Crippen molar-refractivity contribution in [2.75, 3.05) is 13.2 Å². The number of hydrogen-bond donors (Lipinski definition) is 0. The van der Waals surface area contributed by atoms with Crippen LogP contribution >= 0.6 is 0 Å². The molecular weight excluding hydrogens is 412 g/mol. The van der Waals surface area contributed by atoms with Gasteiger partial charge in [-0.25, -0.2) is 26.3 Å². The van der Waals surface area contributed by atoms with Crippen molar-refractivity contribution in [2.24, 2.45) is 11.8 Å². The molecule has 0 aromatic heterocycles. The van der Waals surface area contributed by atoms with E-state index in [1.54, 1.807) is 0 Å². The van der Waals surface area contributed by atoms with Gasteiger partial charge in [0.05, 0.1) is 0 Å². The van der Waals surface area contributed by atoms with E-state index in [0.717, 1.165) is 0 Å². The van der Waals surface area contributed by atoms with Crippen molar-refractivity contribution in [3.05, 3.63) is 0 Å². The third-order valence-electron chi connectivity index (χ3n) is 3.96. The molecule has 0 spiro atoms. The summed E-state index contributed by atoms with van der Waals surface area (Å²) >= 11 is 0. The SMILES string of the molecule is CC(CCOCCC(C)C(F)(F)C(F)C(F)(F)F)C(F)(F)C(F)C(F)(F)F. The highest BCUT2D eigenvalue weighted by molar-refractivity contribution is 4.88. The minimum atomic E-state index is -5.78. The van der Waals surface area contributed by atoms with Gasteiger partial charge in [-0.3, -0.25) is 0 Å². The molecule has 0 bridgehead atoms. The molecule has 0 saturated carbocycles. The van der Waals surface area contributed by atoms with E-state index < -0.39 is 74.4 Å². The van der Waals surface area contributed by atoms with E-state index in [2.05, 4.69) is 4.74 Å². The second-order valence-corrected chi connectivity index (χ2v) is 6.15. The Labute approximate surface area is 147 Å². The van der Waals surface area contributed by atoms with Crippen molar-refractivity contribution < 1.29 is 57.4 Å². The van der Waals surface area contributed by atoms with Gasteiger partial charge in [0.1, 0.15) is 0 Å². The van der Waals surface area contributed by atoms with E-state index in [1.807, 2.05) is 0 Å². The number of ether oxygens (including phenoxy) is 1. The molecule has 0 radical (unpaired) electrons. The Morgan fingerprint density at radius 1 is 0.593 bits per heavy atom. The molecule has 0 aliphatic heterocycles. The first-order valence-electron chi connectivity index (χ1n) is 7.61. The van der Waals surface area contributed by atoms with Gasteiger partial charge in [-0.2, -0.15) is 26.3 Å². The minimum Gasteiger partial charge on any atom is -0.381 e. The van der Waals surface area contributed by atoms with E-state index in [-0.39, 0.29) is 0 Å². The van der Waals surface area contributed by atoms with E-state index in [4.69, 9.17) is 0 Å². The minimum absolute atomic E-state index is 0.621. The maximum absolute atomic E-state index is 13.3. The highest BCUT2D eigenvalue weighted by Crippen LogP contribution is 2.42. The van der Waals surface area contributed by atoms with Gasteiger partial charge in [0, 0.05) is 25.0 Å². The standard InChI is InChI=1S/C14H18F12O/c1-7(11(17,18)9(15)13(21,22)23)3-5-27-6-4-8(2)12(19,20)10(16)14(24,25)26/h7-10H,3-6H2,1-2H3. The molecule has 0 fully saturated rings. The van der Waals surface area contributed by atoms with Crippen LogP contribution in [-0.2, 0) is 4.74 Å². The fourth-order valence-corrected chi connectivity index (χ4v) is 1.94. The summed E-state index contributed by atoms with van der Waals surface area (Å²) in [5.74, 6) is -13.7. The molecule has 0 aliphatic carbocycles. The first-order valence-corrected chi connectivity index (χ1v) is 7.61. The van der Waals surface area contributed by atoms with Crippen molar-refractivity contribution in [2.45, 2.75) is 63.2 Å². The fraction of sp³-hybridized carbons (Fsp3) is 1.00. The van der Waals surface area contributed by atoms with Crippen LogP contribution in [0.15, 0.2) is 0 Å². The summed E-state index contributed by atoms with van der Waals surface area (Å²) in [6.45, 7) is -0.124. The van der Waals surface area contributed by atoms with Gasteiger partial charge in [-0.1, -0.05) is 13.8 Å². The van der Waals surface area contributed by atoms with Crippen LogP contribution in [0.5, 0.6) is 0 Å². The highest BCUT2D eigenvalue weighted by Gasteiger charge is 2.60. The Morgan fingerprint density at radius 3 is 1.07 bits per heavy atom. The molecule has 0 rings (SSSR count). The molecular formula is C14H18F12O. The normalized spacial score (nSPS) is 18.9. The summed E-state index contributed by atoms with van der Waals surface area (Å²) in [6.07, 6.45) is -21.9. The molecule has 0 N–H and O–H groups in total. The molecule has 0 saturated heterocycles. The summed E-state index contributed by atoms with van der Waals surface area (Å²) in [5.41, 5.74) is 0. The predicted octanol–water partition coefficient (Wildman–Crippen LogP) is 6.13. The lowest BCUT2D eigenvalue weighted by atomic mass is 9.95. The molecule has 0 aliphatic rings. The smallest absolute Gasteiger partial charge is 0.381 e. The van der Waals surface area contributed by atoms with Crippen LogP contribution in [0.3, 0.4) is 0 Å². The van der Waals surface area contributed by atoms with Crippen molar-refractivity contribution in [3.8, 4) is 0 Å². The molecule has 0 amide bonds. The van der Waals surface area contributed by atoms with E-state index in [1.165, 1.54) is 0 Å². The van der Waals surface area contributed by atoms with Gasteiger partial charge < -0.3 is 4.74 Å². The van der Waals surface area contributed by atoms with Crippen molar-refractivity contribution in [1.29, 1.82) is 0 Å². The summed E-state index contributed by atoms with van der Waals surface area (Å²) in [7, 11) is 0. The zero-order valence-corrected chi connectivity index (χ0v) is 14.1. The van der Waals surface area contributed by atoms with E-state index >= 15 is 0 Å². The molecule has 0 heterocycles. The first-order chi connectivity index (χ1) is 11.9. The first kappa shape index (κ1) is 26.1. The van der Waals surface area contributed by atoms with Crippen LogP contribution in [0, 0.1) is 11.8 Å². The Morgan fingerprint density at radius 2 is 0.852 bits per heavy atom. The summed E-state index contributed by atoms with van der Waals surface area (Å²) in [6, 6.07) is 0. The molecule has 27 heavy (non-hydrogen) atoms. The molecule has 164 valence electrons. The Balaban J connectivity index is 4.44. The third kappa shape index (κ3) is 7.22. The van der Waals surface area contributed by atoms with E-state index in [0.29, 0.717) is 13.8 Å². The zero-order chi connectivity index (χ0) is 21.8. The zero-order valence-electron chi connectivity index (χ0n) is 14.1. The largest absolute Gasteiger partial charge is 0.425 e. The molecule has 4 unspecified atom stereocenters. The van der Waals surface area contributed by atoms with Crippen LogP contribution < -0.4 is 0 Å². The molecule has 0 aromatic carbocycles. The van der Waals surface area contributed by atoms with Crippen molar-refractivity contribution in [3.63, 3.8) is 0 Å². The predicted molar refractivity (Wildman–Crippen MR) is 70.2 cm³/mol. The average Bonchev–Trinajstić information content (AvgIpc) is 2.50. The molecule has 0 aromatic rings. The van der Waals surface area contributed by atoms with Gasteiger partial charge in [-0.05, 0) is 12.8 Å². The summed E-state index contributed by atoms with van der Waals surface area (Å²) in [4.78, 5) is 0. The Bertz CT molecular complexity index is 404. The monoisotopic (exact) mass is 430 g/mol. The number of alkyl halides is 12. The molecule has 4 atom stereocenters. The van der Waals surface area contributed by atoms with Gasteiger partial charge >= 0.3 is 12.4 Å².